The van der Waals surface area contributed by atoms with Gasteiger partial charge >= 0.3 is 10.2 Å². The summed E-state index contributed by atoms with van der Waals surface area (Å²) in [5.74, 6) is 1.35. The van der Waals surface area contributed by atoms with Crippen LogP contribution in [0.3, 0.4) is 0 Å². The summed E-state index contributed by atoms with van der Waals surface area (Å²) in [4.78, 5) is 12.4. The minimum atomic E-state index is -3.52. The number of fused-ring (bicyclic) bond motifs is 2. The first kappa shape index (κ1) is 17.2. The van der Waals surface area contributed by atoms with Crippen molar-refractivity contribution in [2.24, 2.45) is 11.8 Å². The molecule has 0 unspecified atom stereocenters. The first-order chi connectivity index (χ1) is 11.3. The van der Waals surface area contributed by atoms with Crippen LogP contribution < -0.4 is 9.62 Å². The zero-order valence-corrected chi connectivity index (χ0v) is 15.2. The molecule has 2 bridgehead atoms. The van der Waals surface area contributed by atoms with Crippen LogP contribution in [-0.2, 0) is 10.2 Å². The molecule has 7 heteroatoms. The quantitative estimate of drug-likeness (QED) is 0.880. The summed E-state index contributed by atoms with van der Waals surface area (Å²) in [6.45, 7) is 0. The Balaban J connectivity index is 1.67. The fourth-order valence-electron chi connectivity index (χ4n) is 3.87. The maximum atomic E-state index is 12.4. The molecule has 0 saturated heterocycles. The van der Waals surface area contributed by atoms with Crippen molar-refractivity contribution in [2.75, 3.05) is 25.4 Å². The molecule has 2 fully saturated rings. The highest BCUT2D eigenvalue weighted by molar-refractivity contribution is 7.90. The number of amides is 1. The summed E-state index contributed by atoms with van der Waals surface area (Å²) >= 11 is 0. The van der Waals surface area contributed by atoms with Gasteiger partial charge in [-0.15, -0.1) is 0 Å². The SMILES string of the molecule is CN(C)S(=O)(=O)N(C)c1ccc(C(=O)N[C@H]2C[C@H]3CC[C@H]2C3)cc1. The number of hydrogen-bond donors (Lipinski definition) is 1. The van der Waals surface area contributed by atoms with Gasteiger partial charge in [-0.3, -0.25) is 9.10 Å². The van der Waals surface area contributed by atoms with E-state index in [1.807, 2.05) is 0 Å². The third kappa shape index (κ3) is 3.15. The summed E-state index contributed by atoms with van der Waals surface area (Å²) in [6, 6.07) is 6.99. The molecule has 1 amide bonds. The third-order valence-corrected chi connectivity index (χ3v) is 7.18. The summed E-state index contributed by atoms with van der Waals surface area (Å²) in [6.07, 6.45) is 4.87. The molecule has 2 aliphatic rings. The van der Waals surface area contributed by atoms with Gasteiger partial charge in [-0.25, -0.2) is 0 Å². The number of anilines is 1. The van der Waals surface area contributed by atoms with Gasteiger partial charge in [0.05, 0.1) is 5.69 Å². The summed E-state index contributed by atoms with van der Waals surface area (Å²) < 4.78 is 26.6. The van der Waals surface area contributed by atoms with E-state index in [2.05, 4.69) is 5.32 Å². The van der Waals surface area contributed by atoms with Crippen molar-refractivity contribution in [2.45, 2.75) is 31.7 Å². The Hall–Kier alpha value is -1.60. The Morgan fingerprint density at radius 1 is 1.08 bits per heavy atom. The number of carbonyl (C=O) groups excluding carboxylic acids is 1. The molecule has 6 nitrogen and oxygen atoms in total. The van der Waals surface area contributed by atoms with E-state index >= 15 is 0 Å². The van der Waals surface area contributed by atoms with E-state index in [1.165, 1.54) is 44.7 Å². The van der Waals surface area contributed by atoms with E-state index in [4.69, 9.17) is 0 Å². The van der Waals surface area contributed by atoms with E-state index in [9.17, 15) is 13.2 Å². The third-order valence-electron chi connectivity index (χ3n) is 5.36. The number of hydrogen-bond acceptors (Lipinski definition) is 3. The molecule has 0 heterocycles. The van der Waals surface area contributed by atoms with Gasteiger partial charge < -0.3 is 5.32 Å². The minimum Gasteiger partial charge on any atom is -0.349 e. The minimum absolute atomic E-state index is 0.0720. The second kappa shape index (κ2) is 6.37. The Morgan fingerprint density at radius 3 is 2.25 bits per heavy atom. The maximum absolute atomic E-state index is 12.4. The molecular weight excluding hydrogens is 326 g/mol. The second-order valence-corrected chi connectivity index (χ2v) is 9.23. The number of nitrogens with zero attached hydrogens (tertiary/aromatic N) is 2. The van der Waals surface area contributed by atoms with Crippen molar-refractivity contribution in [1.82, 2.24) is 9.62 Å². The number of carbonyl (C=O) groups is 1. The molecule has 0 radical (unpaired) electrons. The zero-order chi connectivity index (χ0) is 17.5. The van der Waals surface area contributed by atoms with Gasteiger partial charge in [0, 0.05) is 32.7 Å². The maximum Gasteiger partial charge on any atom is 0.303 e. The molecule has 3 atom stereocenters. The van der Waals surface area contributed by atoms with Crippen molar-refractivity contribution < 1.29 is 13.2 Å². The van der Waals surface area contributed by atoms with Gasteiger partial charge in [0.15, 0.2) is 0 Å². The molecule has 1 aromatic carbocycles. The van der Waals surface area contributed by atoms with Crippen LogP contribution in [0.2, 0.25) is 0 Å². The van der Waals surface area contributed by atoms with Crippen molar-refractivity contribution in [3.8, 4) is 0 Å². The first-order valence-electron chi connectivity index (χ1n) is 8.36. The van der Waals surface area contributed by atoms with Crippen LogP contribution in [0, 0.1) is 11.8 Å². The average molecular weight is 351 g/mol. The summed E-state index contributed by atoms with van der Waals surface area (Å²) in [7, 11) is 0.956. The number of benzene rings is 1. The molecule has 0 aromatic heterocycles. The molecule has 0 aliphatic heterocycles. The van der Waals surface area contributed by atoms with Crippen LogP contribution in [-0.4, -0.2) is 45.8 Å². The highest BCUT2D eigenvalue weighted by atomic mass is 32.2. The monoisotopic (exact) mass is 351 g/mol. The van der Waals surface area contributed by atoms with Crippen molar-refractivity contribution >= 4 is 21.8 Å². The van der Waals surface area contributed by atoms with Crippen LogP contribution in [0.1, 0.15) is 36.0 Å². The molecular formula is C17H25N3O3S. The predicted molar refractivity (Wildman–Crippen MR) is 94.2 cm³/mol. The van der Waals surface area contributed by atoms with Crippen LogP contribution >= 0.6 is 0 Å². The van der Waals surface area contributed by atoms with Crippen LogP contribution in [0.5, 0.6) is 0 Å². The van der Waals surface area contributed by atoms with Gasteiger partial charge in [-0.05, 0) is 55.4 Å². The topological polar surface area (TPSA) is 69.7 Å². The van der Waals surface area contributed by atoms with Gasteiger partial charge in [0.1, 0.15) is 0 Å². The standard InChI is InChI=1S/C17H25N3O3S/c1-19(2)24(22,23)20(3)15-8-6-13(7-9-15)17(21)18-16-11-12-4-5-14(16)10-12/h6-9,12,14,16H,4-5,10-11H2,1-3H3,(H,18,21)/t12-,14-,16-/m0/s1. The fourth-order valence-corrected chi connectivity index (χ4v) is 4.75. The first-order valence-corrected chi connectivity index (χ1v) is 9.76. The van der Waals surface area contributed by atoms with E-state index in [0.29, 0.717) is 23.2 Å². The van der Waals surface area contributed by atoms with Crippen LogP contribution in [0.15, 0.2) is 24.3 Å². The Bertz CT molecular complexity index is 715. The molecule has 2 saturated carbocycles. The number of nitrogens with one attached hydrogen (secondary N) is 1. The van der Waals surface area contributed by atoms with Gasteiger partial charge in [0.2, 0.25) is 0 Å². The highest BCUT2D eigenvalue weighted by Crippen LogP contribution is 2.44. The predicted octanol–water partition coefficient (Wildman–Crippen LogP) is 1.85. The molecule has 24 heavy (non-hydrogen) atoms. The molecule has 2 aliphatic carbocycles. The largest absolute Gasteiger partial charge is 0.349 e. The smallest absolute Gasteiger partial charge is 0.303 e. The molecule has 1 N–H and O–H groups in total. The lowest BCUT2D eigenvalue weighted by Crippen LogP contribution is -2.38. The molecule has 1 aromatic rings. The fraction of sp³-hybridized carbons (Fsp3) is 0.588. The van der Waals surface area contributed by atoms with Crippen molar-refractivity contribution in [1.29, 1.82) is 0 Å². The molecule has 132 valence electrons. The van der Waals surface area contributed by atoms with E-state index in [1.54, 1.807) is 24.3 Å². The Labute approximate surface area is 144 Å². The summed E-state index contributed by atoms with van der Waals surface area (Å²) in [5, 5.41) is 3.14. The van der Waals surface area contributed by atoms with Crippen molar-refractivity contribution in [3.63, 3.8) is 0 Å². The normalized spacial score (nSPS) is 25.9. The van der Waals surface area contributed by atoms with Crippen LogP contribution in [0.4, 0.5) is 5.69 Å². The molecule has 3 rings (SSSR count). The second-order valence-electron chi connectivity index (χ2n) is 7.06. The lowest BCUT2D eigenvalue weighted by atomic mass is 9.95. The molecule has 0 spiro atoms. The average Bonchev–Trinajstić information content (AvgIpc) is 3.16. The van der Waals surface area contributed by atoms with E-state index in [0.717, 1.165) is 16.6 Å². The van der Waals surface area contributed by atoms with Gasteiger partial charge in [0.25, 0.3) is 5.91 Å². The van der Waals surface area contributed by atoms with Gasteiger partial charge in [-0.1, -0.05) is 6.42 Å². The lowest BCUT2D eigenvalue weighted by Gasteiger charge is -2.24. The Kier molecular flexibility index (Phi) is 4.57. The van der Waals surface area contributed by atoms with Crippen molar-refractivity contribution in [3.05, 3.63) is 29.8 Å². The van der Waals surface area contributed by atoms with Crippen LogP contribution in [0.25, 0.3) is 0 Å². The van der Waals surface area contributed by atoms with E-state index < -0.39 is 10.2 Å². The van der Waals surface area contributed by atoms with E-state index in [-0.39, 0.29) is 5.91 Å². The zero-order valence-electron chi connectivity index (χ0n) is 14.4. The lowest BCUT2D eigenvalue weighted by molar-refractivity contribution is 0.0923. The van der Waals surface area contributed by atoms with Gasteiger partial charge in [-0.2, -0.15) is 12.7 Å². The Morgan fingerprint density at radius 2 is 1.75 bits per heavy atom. The summed E-state index contributed by atoms with van der Waals surface area (Å²) in [5.41, 5.74) is 1.09. The highest BCUT2D eigenvalue weighted by Gasteiger charge is 2.40. The number of rotatable bonds is 5.